The molecule has 1 aromatic carbocycles. The summed E-state index contributed by atoms with van der Waals surface area (Å²) in [7, 11) is 0. The van der Waals surface area contributed by atoms with Gasteiger partial charge >= 0.3 is 0 Å². The normalized spacial score (nSPS) is 26.1. The Kier molecular flexibility index (Phi) is 4.55. The molecule has 2 heterocycles. The van der Waals surface area contributed by atoms with E-state index in [2.05, 4.69) is 17.0 Å². The van der Waals surface area contributed by atoms with E-state index in [4.69, 9.17) is 9.51 Å². The highest BCUT2D eigenvalue weighted by Gasteiger charge is 2.55. The van der Waals surface area contributed by atoms with E-state index in [0.717, 1.165) is 50.2 Å². The lowest BCUT2D eigenvalue weighted by Crippen LogP contribution is -2.37. The SMILES string of the molecule is CCC[C@H](C)C(=O)N1C[C@H]2CCC[C@@]2(c2nc(-c3ccccc3)no2)C1. The fourth-order valence-corrected chi connectivity index (χ4v) is 4.81. The van der Waals surface area contributed by atoms with Crippen molar-refractivity contribution in [3.05, 3.63) is 36.2 Å². The van der Waals surface area contributed by atoms with E-state index in [-0.39, 0.29) is 17.2 Å². The van der Waals surface area contributed by atoms with Crippen molar-refractivity contribution in [1.29, 1.82) is 0 Å². The van der Waals surface area contributed by atoms with Crippen LogP contribution in [0.3, 0.4) is 0 Å². The first-order valence-electron chi connectivity index (χ1n) is 9.82. The molecule has 4 rings (SSSR count). The van der Waals surface area contributed by atoms with Gasteiger partial charge in [-0.2, -0.15) is 4.98 Å². The molecule has 1 saturated carbocycles. The Morgan fingerprint density at radius 3 is 2.96 bits per heavy atom. The summed E-state index contributed by atoms with van der Waals surface area (Å²) in [5, 5.41) is 4.23. The highest BCUT2D eigenvalue weighted by molar-refractivity contribution is 5.79. The molecule has 3 atom stereocenters. The van der Waals surface area contributed by atoms with Crippen LogP contribution in [0.15, 0.2) is 34.9 Å². The zero-order valence-electron chi connectivity index (χ0n) is 15.6. The maximum atomic E-state index is 12.8. The van der Waals surface area contributed by atoms with E-state index in [1.807, 2.05) is 37.3 Å². The number of rotatable bonds is 5. The minimum absolute atomic E-state index is 0.0958. The van der Waals surface area contributed by atoms with Crippen molar-refractivity contribution in [3.63, 3.8) is 0 Å². The highest BCUT2D eigenvalue weighted by Crippen LogP contribution is 2.50. The molecule has 2 aliphatic rings. The number of hydrogen-bond donors (Lipinski definition) is 0. The fourth-order valence-electron chi connectivity index (χ4n) is 4.81. The average Bonchev–Trinajstić information content (AvgIpc) is 3.35. The molecule has 0 radical (unpaired) electrons. The second kappa shape index (κ2) is 6.86. The van der Waals surface area contributed by atoms with Gasteiger partial charge in [0.25, 0.3) is 0 Å². The first-order chi connectivity index (χ1) is 12.6. The van der Waals surface area contributed by atoms with E-state index in [1.165, 1.54) is 6.42 Å². The van der Waals surface area contributed by atoms with Crippen LogP contribution in [0.1, 0.15) is 51.8 Å². The Morgan fingerprint density at radius 2 is 2.19 bits per heavy atom. The standard InChI is InChI=1S/C21H27N3O2/c1-3-8-15(2)19(25)24-13-17-11-7-12-21(17,14-24)20-22-18(23-26-20)16-9-5-4-6-10-16/h4-6,9-10,15,17H,3,7-8,11-14H2,1-2H3/t15-,17+,21+/m0/s1. The first kappa shape index (κ1) is 17.3. The Hall–Kier alpha value is -2.17. The van der Waals surface area contributed by atoms with Crippen molar-refractivity contribution in [2.75, 3.05) is 13.1 Å². The number of aromatic nitrogens is 2. The molecule has 0 unspecified atom stereocenters. The summed E-state index contributed by atoms with van der Waals surface area (Å²) in [4.78, 5) is 19.6. The van der Waals surface area contributed by atoms with Gasteiger partial charge in [0, 0.05) is 24.6 Å². The number of nitrogens with zero attached hydrogens (tertiary/aromatic N) is 3. The fraction of sp³-hybridized carbons (Fsp3) is 0.571. The number of fused-ring (bicyclic) bond motifs is 1. The van der Waals surface area contributed by atoms with Gasteiger partial charge in [-0.25, -0.2) is 0 Å². The molecule has 0 N–H and O–H groups in total. The van der Waals surface area contributed by atoms with Crippen LogP contribution in [-0.2, 0) is 10.2 Å². The summed E-state index contributed by atoms with van der Waals surface area (Å²) >= 11 is 0. The molecule has 1 aliphatic heterocycles. The second-order valence-electron chi connectivity index (χ2n) is 7.94. The van der Waals surface area contributed by atoms with E-state index in [9.17, 15) is 4.79 Å². The Labute approximate surface area is 154 Å². The number of hydrogen-bond acceptors (Lipinski definition) is 4. The lowest BCUT2D eigenvalue weighted by atomic mass is 9.80. The molecule has 1 saturated heterocycles. The number of benzene rings is 1. The van der Waals surface area contributed by atoms with Crippen molar-refractivity contribution in [1.82, 2.24) is 15.0 Å². The summed E-state index contributed by atoms with van der Waals surface area (Å²) in [5.74, 6) is 2.17. The molecule has 1 aliphatic carbocycles. The molecule has 1 aromatic heterocycles. The van der Waals surface area contributed by atoms with Gasteiger partial charge in [-0.3, -0.25) is 4.79 Å². The van der Waals surface area contributed by atoms with Crippen LogP contribution in [0.2, 0.25) is 0 Å². The quantitative estimate of drug-likeness (QED) is 0.813. The minimum Gasteiger partial charge on any atom is -0.341 e. The maximum absolute atomic E-state index is 12.8. The van der Waals surface area contributed by atoms with Gasteiger partial charge in [-0.15, -0.1) is 0 Å². The van der Waals surface area contributed by atoms with Crippen molar-refractivity contribution in [2.24, 2.45) is 11.8 Å². The van der Waals surface area contributed by atoms with E-state index >= 15 is 0 Å². The van der Waals surface area contributed by atoms with Crippen LogP contribution in [0, 0.1) is 11.8 Å². The number of carbonyl (C=O) groups is 1. The smallest absolute Gasteiger partial charge is 0.235 e. The van der Waals surface area contributed by atoms with Crippen molar-refractivity contribution < 1.29 is 9.32 Å². The molecular weight excluding hydrogens is 326 g/mol. The zero-order chi connectivity index (χ0) is 18.1. The first-order valence-corrected chi connectivity index (χ1v) is 9.82. The third kappa shape index (κ3) is 2.83. The molecular formula is C21H27N3O2. The summed E-state index contributed by atoms with van der Waals surface area (Å²) in [6.07, 6.45) is 5.32. The molecule has 5 nitrogen and oxygen atoms in total. The average molecular weight is 353 g/mol. The van der Waals surface area contributed by atoms with Gasteiger partial charge in [-0.05, 0) is 25.2 Å². The Morgan fingerprint density at radius 1 is 1.38 bits per heavy atom. The van der Waals surface area contributed by atoms with Crippen LogP contribution < -0.4 is 0 Å². The Bertz CT molecular complexity index is 773. The minimum atomic E-state index is -0.151. The van der Waals surface area contributed by atoms with Gasteiger partial charge in [0.2, 0.25) is 17.6 Å². The molecule has 1 amide bonds. The van der Waals surface area contributed by atoms with Crippen LogP contribution in [-0.4, -0.2) is 34.0 Å². The van der Waals surface area contributed by atoms with Crippen molar-refractivity contribution in [2.45, 2.75) is 51.4 Å². The summed E-state index contributed by atoms with van der Waals surface area (Å²) in [5.41, 5.74) is 0.817. The zero-order valence-corrected chi connectivity index (χ0v) is 15.6. The van der Waals surface area contributed by atoms with Gasteiger partial charge in [0.15, 0.2) is 0 Å². The summed E-state index contributed by atoms with van der Waals surface area (Å²) < 4.78 is 5.74. The third-order valence-electron chi connectivity index (χ3n) is 6.21. The van der Waals surface area contributed by atoms with E-state index < -0.39 is 0 Å². The predicted octanol–water partition coefficient (Wildman–Crippen LogP) is 4.05. The number of likely N-dealkylation sites (tertiary alicyclic amines) is 1. The summed E-state index contributed by atoms with van der Waals surface area (Å²) in [6.45, 7) is 5.73. The highest BCUT2D eigenvalue weighted by atomic mass is 16.5. The topological polar surface area (TPSA) is 59.2 Å². The second-order valence-corrected chi connectivity index (χ2v) is 7.94. The molecule has 5 heteroatoms. The largest absolute Gasteiger partial charge is 0.341 e. The monoisotopic (exact) mass is 353 g/mol. The maximum Gasteiger partial charge on any atom is 0.235 e. The van der Waals surface area contributed by atoms with Crippen LogP contribution >= 0.6 is 0 Å². The van der Waals surface area contributed by atoms with Crippen molar-refractivity contribution in [3.8, 4) is 11.4 Å². The van der Waals surface area contributed by atoms with Gasteiger partial charge in [0.1, 0.15) is 0 Å². The van der Waals surface area contributed by atoms with E-state index in [0.29, 0.717) is 11.7 Å². The molecule has 2 fully saturated rings. The van der Waals surface area contributed by atoms with Crippen LogP contribution in [0.5, 0.6) is 0 Å². The van der Waals surface area contributed by atoms with Gasteiger partial charge < -0.3 is 9.42 Å². The summed E-state index contributed by atoms with van der Waals surface area (Å²) in [6, 6.07) is 9.93. The van der Waals surface area contributed by atoms with E-state index in [1.54, 1.807) is 0 Å². The lowest BCUT2D eigenvalue weighted by molar-refractivity contribution is -0.134. The number of carbonyl (C=O) groups excluding carboxylic acids is 1. The lowest BCUT2D eigenvalue weighted by Gasteiger charge is -2.25. The van der Waals surface area contributed by atoms with Crippen LogP contribution in [0.25, 0.3) is 11.4 Å². The van der Waals surface area contributed by atoms with Gasteiger partial charge in [0.05, 0.1) is 5.41 Å². The molecule has 2 aromatic rings. The molecule has 26 heavy (non-hydrogen) atoms. The molecule has 0 spiro atoms. The molecule has 0 bridgehead atoms. The molecule has 138 valence electrons. The number of amides is 1. The predicted molar refractivity (Wildman–Crippen MR) is 99.4 cm³/mol. The Balaban J connectivity index is 1.59. The van der Waals surface area contributed by atoms with Crippen LogP contribution in [0.4, 0.5) is 0 Å². The third-order valence-corrected chi connectivity index (χ3v) is 6.21. The van der Waals surface area contributed by atoms with Gasteiger partial charge in [-0.1, -0.05) is 62.2 Å². The van der Waals surface area contributed by atoms with Crippen molar-refractivity contribution >= 4 is 5.91 Å².